The Balaban J connectivity index is 4.22. The molecular formula is C8H14N2. The number of rotatable bonds is 2. The summed E-state index contributed by atoms with van der Waals surface area (Å²) in [6.45, 7) is 9.36. The first-order valence-electron chi connectivity index (χ1n) is 3.17. The van der Waals surface area contributed by atoms with E-state index in [1.807, 2.05) is 20.8 Å². The minimum atomic E-state index is 0.521. The maximum Gasteiger partial charge on any atom is 0.123 e. The van der Waals surface area contributed by atoms with Gasteiger partial charge in [-0.3, -0.25) is 0 Å². The summed E-state index contributed by atoms with van der Waals surface area (Å²) < 4.78 is 0. The van der Waals surface area contributed by atoms with Crippen LogP contribution in [0.2, 0.25) is 0 Å². The standard InChI is InChI=1S/C8H14N2/c1-6(2)5-8(9)10-7(3)4/h5H,1,9H2,2-4H3/b8-5-. The van der Waals surface area contributed by atoms with Gasteiger partial charge in [-0.2, -0.15) is 0 Å². The molecule has 0 heterocycles. The van der Waals surface area contributed by atoms with E-state index in [1.54, 1.807) is 6.08 Å². The predicted molar refractivity (Wildman–Crippen MR) is 45.9 cm³/mol. The van der Waals surface area contributed by atoms with Crippen molar-refractivity contribution in [3.63, 3.8) is 0 Å². The zero-order valence-electron chi connectivity index (χ0n) is 6.81. The molecule has 0 saturated carbocycles. The highest BCUT2D eigenvalue weighted by molar-refractivity contribution is 5.80. The minimum Gasteiger partial charge on any atom is -0.384 e. The van der Waals surface area contributed by atoms with Crippen LogP contribution in [0.4, 0.5) is 0 Å². The van der Waals surface area contributed by atoms with Crippen LogP contribution >= 0.6 is 0 Å². The Morgan fingerprint density at radius 3 is 2.20 bits per heavy atom. The highest BCUT2D eigenvalue weighted by Crippen LogP contribution is 1.95. The van der Waals surface area contributed by atoms with Gasteiger partial charge in [-0.15, -0.1) is 0 Å². The van der Waals surface area contributed by atoms with E-state index in [1.165, 1.54) is 0 Å². The van der Waals surface area contributed by atoms with Gasteiger partial charge in [0.1, 0.15) is 5.82 Å². The zero-order chi connectivity index (χ0) is 8.15. The van der Waals surface area contributed by atoms with E-state index >= 15 is 0 Å². The molecular weight excluding hydrogens is 124 g/mol. The maximum atomic E-state index is 5.49. The molecule has 0 amide bonds. The molecule has 0 aromatic rings. The summed E-state index contributed by atoms with van der Waals surface area (Å²) in [7, 11) is 0. The quantitative estimate of drug-likeness (QED) is 0.459. The number of hydrogen-bond acceptors (Lipinski definition) is 2. The van der Waals surface area contributed by atoms with E-state index < -0.39 is 0 Å². The van der Waals surface area contributed by atoms with Gasteiger partial charge < -0.3 is 5.73 Å². The molecule has 0 fully saturated rings. The minimum absolute atomic E-state index is 0.521. The van der Waals surface area contributed by atoms with Crippen LogP contribution in [0.3, 0.4) is 0 Å². The van der Waals surface area contributed by atoms with Crippen molar-refractivity contribution in [1.82, 2.24) is 0 Å². The summed E-state index contributed by atoms with van der Waals surface area (Å²) in [6, 6.07) is 0. The van der Waals surface area contributed by atoms with Crippen LogP contribution < -0.4 is 5.73 Å². The first-order valence-corrected chi connectivity index (χ1v) is 3.17. The number of hydrogen-bond donors (Lipinski definition) is 1. The van der Waals surface area contributed by atoms with Crippen LogP contribution in [-0.4, -0.2) is 5.71 Å². The highest BCUT2D eigenvalue weighted by atomic mass is 14.9. The molecule has 0 radical (unpaired) electrons. The molecule has 2 heteroatoms. The van der Waals surface area contributed by atoms with E-state index in [4.69, 9.17) is 5.73 Å². The van der Waals surface area contributed by atoms with E-state index in [0.717, 1.165) is 11.3 Å². The lowest BCUT2D eigenvalue weighted by Gasteiger charge is -1.93. The first-order chi connectivity index (χ1) is 4.52. The van der Waals surface area contributed by atoms with E-state index in [2.05, 4.69) is 11.6 Å². The van der Waals surface area contributed by atoms with Gasteiger partial charge in [0.2, 0.25) is 0 Å². The van der Waals surface area contributed by atoms with Gasteiger partial charge in [-0.25, -0.2) is 4.99 Å². The third-order valence-corrected chi connectivity index (χ3v) is 0.747. The lowest BCUT2D eigenvalue weighted by atomic mass is 10.3. The van der Waals surface area contributed by atoms with E-state index in [9.17, 15) is 0 Å². The summed E-state index contributed by atoms with van der Waals surface area (Å²) in [5.74, 6) is 0.521. The molecule has 0 aromatic carbocycles. The normalized spacial score (nSPS) is 10.9. The molecule has 2 N–H and O–H groups in total. The molecule has 0 aromatic heterocycles. The summed E-state index contributed by atoms with van der Waals surface area (Å²) in [4.78, 5) is 4.01. The number of allylic oxidation sites excluding steroid dienone is 2. The fourth-order valence-corrected chi connectivity index (χ4v) is 0.543. The van der Waals surface area contributed by atoms with Crippen molar-refractivity contribution in [2.75, 3.05) is 0 Å². The highest BCUT2D eigenvalue weighted by Gasteiger charge is 1.84. The maximum absolute atomic E-state index is 5.49. The molecule has 0 atom stereocenters. The van der Waals surface area contributed by atoms with Crippen molar-refractivity contribution in [1.29, 1.82) is 0 Å². The van der Waals surface area contributed by atoms with Crippen molar-refractivity contribution >= 4 is 5.71 Å². The molecule has 0 spiro atoms. The first kappa shape index (κ1) is 8.95. The van der Waals surface area contributed by atoms with E-state index in [-0.39, 0.29) is 0 Å². The van der Waals surface area contributed by atoms with Gasteiger partial charge in [0, 0.05) is 5.71 Å². The van der Waals surface area contributed by atoms with Crippen molar-refractivity contribution in [3.8, 4) is 0 Å². The average molecular weight is 138 g/mol. The topological polar surface area (TPSA) is 38.4 Å². The Kier molecular flexibility index (Phi) is 3.47. The van der Waals surface area contributed by atoms with Gasteiger partial charge in [0.15, 0.2) is 0 Å². The molecule has 0 unspecified atom stereocenters. The SMILES string of the molecule is C=C(C)/C=C(/N)N=C(C)C. The monoisotopic (exact) mass is 138 g/mol. The second kappa shape index (κ2) is 3.88. The van der Waals surface area contributed by atoms with Gasteiger partial charge in [-0.05, 0) is 26.8 Å². The molecule has 0 aliphatic heterocycles. The van der Waals surface area contributed by atoms with Crippen LogP contribution in [0.5, 0.6) is 0 Å². The Morgan fingerprint density at radius 2 is 1.90 bits per heavy atom. The van der Waals surface area contributed by atoms with Gasteiger partial charge in [-0.1, -0.05) is 12.2 Å². The van der Waals surface area contributed by atoms with Crippen LogP contribution in [-0.2, 0) is 0 Å². The fourth-order valence-electron chi connectivity index (χ4n) is 0.543. The van der Waals surface area contributed by atoms with Crippen LogP contribution in [0, 0.1) is 0 Å². The van der Waals surface area contributed by atoms with Crippen LogP contribution in [0.15, 0.2) is 29.0 Å². The molecule has 0 saturated heterocycles. The second-order valence-electron chi connectivity index (χ2n) is 2.47. The number of aliphatic imine (C=N–C) groups is 1. The summed E-state index contributed by atoms with van der Waals surface area (Å²) >= 11 is 0. The van der Waals surface area contributed by atoms with Gasteiger partial charge in [0.05, 0.1) is 0 Å². The number of nitrogens with two attached hydrogens (primary N) is 1. The molecule has 0 bridgehead atoms. The Bertz CT molecular complexity index is 183. The molecule has 10 heavy (non-hydrogen) atoms. The van der Waals surface area contributed by atoms with Crippen molar-refractivity contribution < 1.29 is 0 Å². The fraction of sp³-hybridized carbons (Fsp3) is 0.375. The van der Waals surface area contributed by atoms with Gasteiger partial charge >= 0.3 is 0 Å². The Morgan fingerprint density at radius 1 is 1.40 bits per heavy atom. The smallest absolute Gasteiger partial charge is 0.123 e. The Hall–Kier alpha value is -1.05. The van der Waals surface area contributed by atoms with E-state index in [0.29, 0.717) is 5.82 Å². The largest absolute Gasteiger partial charge is 0.384 e. The number of nitrogens with zero attached hydrogens (tertiary/aromatic N) is 1. The van der Waals surface area contributed by atoms with Crippen LogP contribution in [0.1, 0.15) is 20.8 Å². The molecule has 0 aliphatic rings. The zero-order valence-corrected chi connectivity index (χ0v) is 6.81. The van der Waals surface area contributed by atoms with Crippen molar-refractivity contribution in [3.05, 3.63) is 24.0 Å². The van der Waals surface area contributed by atoms with Crippen molar-refractivity contribution in [2.24, 2.45) is 10.7 Å². The molecule has 56 valence electrons. The molecule has 0 aliphatic carbocycles. The molecule has 2 nitrogen and oxygen atoms in total. The third-order valence-electron chi connectivity index (χ3n) is 0.747. The van der Waals surface area contributed by atoms with Gasteiger partial charge in [0.25, 0.3) is 0 Å². The summed E-state index contributed by atoms with van der Waals surface area (Å²) in [5.41, 5.74) is 7.36. The Labute approximate surface area is 62.1 Å². The predicted octanol–water partition coefficient (Wildman–Crippen LogP) is 1.84. The summed E-state index contributed by atoms with van der Waals surface area (Å²) in [6.07, 6.45) is 1.74. The summed E-state index contributed by atoms with van der Waals surface area (Å²) in [5, 5.41) is 0. The molecule has 0 rings (SSSR count). The lowest BCUT2D eigenvalue weighted by Crippen LogP contribution is -1.96. The van der Waals surface area contributed by atoms with Crippen molar-refractivity contribution in [2.45, 2.75) is 20.8 Å². The van der Waals surface area contributed by atoms with Crippen LogP contribution in [0.25, 0.3) is 0 Å². The second-order valence-corrected chi connectivity index (χ2v) is 2.47. The third kappa shape index (κ3) is 5.09. The lowest BCUT2D eigenvalue weighted by molar-refractivity contribution is 1.22. The average Bonchev–Trinajstić information content (AvgIpc) is 1.58.